The number of amides is 1. The number of carbonyl (C=O) groups excluding carboxylic acids is 1. The van der Waals surface area contributed by atoms with Gasteiger partial charge in [0.1, 0.15) is 6.04 Å². The van der Waals surface area contributed by atoms with E-state index in [4.69, 9.17) is 17.3 Å². The van der Waals surface area contributed by atoms with Crippen LogP contribution >= 0.6 is 22.9 Å². The van der Waals surface area contributed by atoms with Gasteiger partial charge in [0.25, 0.3) is 0 Å². The van der Waals surface area contributed by atoms with Crippen molar-refractivity contribution in [2.45, 2.75) is 19.9 Å². The lowest BCUT2D eigenvalue weighted by atomic mass is 9.99. The Bertz CT molecular complexity index is 1030. The molecule has 1 amide bonds. The van der Waals surface area contributed by atoms with Crippen LogP contribution in [0.5, 0.6) is 0 Å². The highest BCUT2D eigenvalue weighted by molar-refractivity contribution is 7.10. The molecule has 1 unspecified atom stereocenters. The maximum atomic E-state index is 12.2. The number of nitrogens with two attached hydrogens (primary N) is 1. The molecule has 1 aromatic carbocycles. The summed E-state index contributed by atoms with van der Waals surface area (Å²) in [6.45, 7) is 3.84. The second-order valence-electron chi connectivity index (χ2n) is 6.11. The number of nitrogens with zero attached hydrogens (tertiary/aromatic N) is 3. The van der Waals surface area contributed by atoms with E-state index in [1.165, 1.54) is 0 Å². The van der Waals surface area contributed by atoms with E-state index in [9.17, 15) is 4.79 Å². The molecule has 4 rings (SSSR count). The molecule has 0 bridgehead atoms. The molecule has 1 aliphatic heterocycles. The van der Waals surface area contributed by atoms with E-state index in [2.05, 4.69) is 15.4 Å². The average Bonchev–Trinajstić information content (AvgIpc) is 3.20. The number of aromatic nitrogens is 3. The van der Waals surface area contributed by atoms with Gasteiger partial charge in [0.05, 0.1) is 5.57 Å². The van der Waals surface area contributed by atoms with E-state index in [-0.39, 0.29) is 0 Å². The van der Waals surface area contributed by atoms with Crippen LogP contribution in [0.2, 0.25) is 5.02 Å². The Morgan fingerprint density at radius 1 is 1.27 bits per heavy atom. The number of hydrogen-bond donors (Lipinski definition) is 2. The van der Waals surface area contributed by atoms with E-state index in [1.54, 1.807) is 28.2 Å². The van der Waals surface area contributed by atoms with E-state index < -0.39 is 11.9 Å². The Hall–Kier alpha value is -2.64. The van der Waals surface area contributed by atoms with Crippen molar-refractivity contribution in [1.29, 1.82) is 0 Å². The number of hydrogen-bond acceptors (Lipinski definition) is 5. The molecule has 0 radical (unpaired) electrons. The van der Waals surface area contributed by atoms with Crippen molar-refractivity contribution >= 4 is 34.8 Å². The normalized spacial score (nSPS) is 16.3. The first kappa shape index (κ1) is 16.8. The first-order chi connectivity index (χ1) is 12.5. The van der Waals surface area contributed by atoms with Crippen molar-refractivity contribution in [2.75, 3.05) is 5.32 Å². The van der Waals surface area contributed by atoms with Crippen LogP contribution in [0.1, 0.15) is 23.4 Å². The predicted molar refractivity (Wildman–Crippen MR) is 103 cm³/mol. The molecule has 1 atom stereocenters. The van der Waals surface area contributed by atoms with Crippen LogP contribution < -0.4 is 11.1 Å². The van der Waals surface area contributed by atoms with Gasteiger partial charge in [0, 0.05) is 21.2 Å². The van der Waals surface area contributed by atoms with Gasteiger partial charge in [-0.1, -0.05) is 11.6 Å². The lowest BCUT2D eigenvalue weighted by Gasteiger charge is -2.27. The zero-order valence-electron chi connectivity index (χ0n) is 14.2. The highest BCUT2D eigenvalue weighted by Crippen LogP contribution is 2.39. The van der Waals surface area contributed by atoms with Crippen LogP contribution in [0, 0.1) is 6.92 Å². The molecule has 0 aliphatic carbocycles. The molecule has 3 aromatic rings. The number of fused-ring (bicyclic) bond motifs is 1. The largest absolute Gasteiger partial charge is 0.366 e. The first-order valence-corrected chi connectivity index (χ1v) is 9.25. The standard InChI is InChI=1S/C18H16ClN5OS/c1-9-7-8-26-15(9)14-13(16(20)25)10(2)21-18-22-17(23-24(14)18)11-3-5-12(19)6-4-11/h3-8,14H,1-2H3,(H2,20,25)(H,21,22,23). The molecule has 0 saturated carbocycles. The SMILES string of the molecule is CC1=C(C(N)=O)C(c2sccc2C)n2nc(-c3ccc(Cl)cc3)nc2N1. The summed E-state index contributed by atoms with van der Waals surface area (Å²) in [5.74, 6) is 0.666. The van der Waals surface area contributed by atoms with Crippen LogP contribution in [-0.4, -0.2) is 20.7 Å². The Labute approximate surface area is 159 Å². The quantitative estimate of drug-likeness (QED) is 0.719. The molecule has 2 aromatic heterocycles. The number of carbonyl (C=O) groups is 1. The van der Waals surface area contributed by atoms with Gasteiger partial charge in [0.2, 0.25) is 11.9 Å². The molecule has 0 saturated heterocycles. The van der Waals surface area contributed by atoms with Crippen LogP contribution in [0.15, 0.2) is 47.0 Å². The van der Waals surface area contributed by atoms with Crippen molar-refractivity contribution in [3.05, 3.63) is 62.4 Å². The summed E-state index contributed by atoms with van der Waals surface area (Å²) < 4.78 is 1.73. The summed E-state index contributed by atoms with van der Waals surface area (Å²) in [5, 5.41) is 10.5. The first-order valence-electron chi connectivity index (χ1n) is 7.99. The minimum Gasteiger partial charge on any atom is -0.366 e. The third-order valence-corrected chi connectivity index (χ3v) is 5.69. The molecule has 0 fully saturated rings. The second kappa shape index (κ2) is 6.26. The Kier molecular flexibility index (Phi) is 4.05. The van der Waals surface area contributed by atoms with Gasteiger partial charge in [-0.2, -0.15) is 4.98 Å². The van der Waals surface area contributed by atoms with Crippen LogP contribution in [0.4, 0.5) is 5.95 Å². The van der Waals surface area contributed by atoms with Gasteiger partial charge in [-0.15, -0.1) is 16.4 Å². The fraction of sp³-hybridized carbons (Fsp3) is 0.167. The number of anilines is 1. The topological polar surface area (TPSA) is 85.8 Å². The van der Waals surface area contributed by atoms with Crippen molar-refractivity contribution in [3.8, 4) is 11.4 Å². The van der Waals surface area contributed by atoms with Crippen molar-refractivity contribution in [2.24, 2.45) is 5.73 Å². The minimum atomic E-state index is -0.470. The Balaban J connectivity index is 1.88. The number of rotatable bonds is 3. The molecule has 3 N–H and O–H groups in total. The minimum absolute atomic E-state index is 0.391. The van der Waals surface area contributed by atoms with E-state index in [0.29, 0.717) is 28.1 Å². The summed E-state index contributed by atoms with van der Waals surface area (Å²) >= 11 is 7.54. The van der Waals surface area contributed by atoms with E-state index >= 15 is 0 Å². The molecular formula is C18H16ClN5OS. The molecular weight excluding hydrogens is 370 g/mol. The average molecular weight is 386 g/mol. The summed E-state index contributed by atoms with van der Waals surface area (Å²) in [4.78, 5) is 17.8. The number of halogens is 1. The molecule has 8 heteroatoms. The van der Waals surface area contributed by atoms with Crippen molar-refractivity contribution in [3.63, 3.8) is 0 Å². The van der Waals surface area contributed by atoms with Gasteiger partial charge >= 0.3 is 0 Å². The number of primary amides is 1. The van der Waals surface area contributed by atoms with E-state index in [1.807, 2.05) is 37.4 Å². The molecule has 3 heterocycles. The summed E-state index contributed by atoms with van der Waals surface area (Å²) in [6.07, 6.45) is 0. The smallest absolute Gasteiger partial charge is 0.248 e. The van der Waals surface area contributed by atoms with Gasteiger partial charge in [0.15, 0.2) is 5.82 Å². The van der Waals surface area contributed by atoms with Gasteiger partial charge < -0.3 is 11.1 Å². The maximum absolute atomic E-state index is 12.2. The molecule has 1 aliphatic rings. The summed E-state index contributed by atoms with van der Waals surface area (Å²) in [7, 11) is 0. The number of thiophene rings is 1. The molecule has 26 heavy (non-hydrogen) atoms. The lowest BCUT2D eigenvalue weighted by Crippen LogP contribution is -2.31. The van der Waals surface area contributed by atoms with Crippen LogP contribution in [0.3, 0.4) is 0 Å². The number of nitrogens with one attached hydrogen (secondary N) is 1. The maximum Gasteiger partial charge on any atom is 0.248 e. The van der Waals surface area contributed by atoms with Crippen molar-refractivity contribution in [1.82, 2.24) is 14.8 Å². The monoisotopic (exact) mass is 385 g/mol. The van der Waals surface area contributed by atoms with Crippen LogP contribution in [0.25, 0.3) is 11.4 Å². The molecule has 0 spiro atoms. The second-order valence-corrected chi connectivity index (χ2v) is 7.49. The molecule has 132 valence electrons. The summed E-state index contributed by atoms with van der Waals surface area (Å²) in [6, 6.07) is 8.95. The van der Waals surface area contributed by atoms with Gasteiger partial charge in [-0.25, -0.2) is 4.68 Å². The van der Waals surface area contributed by atoms with Gasteiger partial charge in [-0.3, -0.25) is 4.79 Å². The van der Waals surface area contributed by atoms with Crippen molar-refractivity contribution < 1.29 is 4.79 Å². The third kappa shape index (κ3) is 2.69. The Morgan fingerprint density at radius 2 is 2.00 bits per heavy atom. The highest BCUT2D eigenvalue weighted by atomic mass is 35.5. The summed E-state index contributed by atoms with van der Waals surface area (Å²) in [5.41, 5.74) is 8.81. The number of allylic oxidation sites excluding steroid dienone is 1. The predicted octanol–water partition coefficient (Wildman–Crippen LogP) is 3.74. The highest BCUT2D eigenvalue weighted by Gasteiger charge is 2.34. The number of aryl methyl sites for hydroxylation is 1. The molecule has 6 nitrogen and oxygen atoms in total. The zero-order valence-corrected chi connectivity index (χ0v) is 15.7. The Morgan fingerprint density at radius 3 is 2.62 bits per heavy atom. The van der Waals surface area contributed by atoms with Gasteiger partial charge in [-0.05, 0) is 55.1 Å². The van der Waals surface area contributed by atoms with Crippen LogP contribution in [-0.2, 0) is 4.79 Å². The van der Waals surface area contributed by atoms with E-state index in [0.717, 1.165) is 16.0 Å². The third-order valence-electron chi connectivity index (χ3n) is 4.37. The zero-order chi connectivity index (χ0) is 18.4. The fourth-order valence-electron chi connectivity index (χ4n) is 3.10. The lowest BCUT2D eigenvalue weighted by molar-refractivity contribution is -0.115. The number of benzene rings is 1. The fourth-order valence-corrected chi connectivity index (χ4v) is 4.24.